The van der Waals surface area contributed by atoms with Gasteiger partial charge in [0.15, 0.2) is 9.84 Å². The molecule has 1 saturated heterocycles. The van der Waals surface area contributed by atoms with Crippen LogP contribution in [0.1, 0.15) is 13.3 Å². The highest BCUT2D eigenvalue weighted by molar-refractivity contribution is 9.10. The van der Waals surface area contributed by atoms with Gasteiger partial charge in [-0.2, -0.15) is 0 Å². The molecule has 9 heteroatoms. The predicted octanol–water partition coefficient (Wildman–Crippen LogP) is 1.26. The van der Waals surface area contributed by atoms with Crippen LogP contribution < -0.4 is 16.0 Å². The van der Waals surface area contributed by atoms with Crippen LogP contribution in [-0.4, -0.2) is 43.9 Å². The Balaban J connectivity index is 1.82. The zero-order valence-electron chi connectivity index (χ0n) is 12.5. The van der Waals surface area contributed by atoms with Gasteiger partial charge in [0.25, 0.3) is 0 Å². The molecule has 0 unspecified atom stereocenters. The molecular formula is C14H18BrN3O4S. The van der Waals surface area contributed by atoms with Gasteiger partial charge < -0.3 is 16.0 Å². The third kappa shape index (κ3) is 5.51. The van der Waals surface area contributed by atoms with E-state index >= 15 is 0 Å². The first-order valence-corrected chi connectivity index (χ1v) is 9.70. The second-order valence-electron chi connectivity index (χ2n) is 5.44. The zero-order chi connectivity index (χ0) is 17.0. The molecule has 1 aromatic rings. The number of carbonyl (C=O) groups is 2. The number of amides is 3. The zero-order valence-corrected chi connectivity index (χ0v) is 14.9. The first-order chi connectivity index (χ1) is 10.7. The van der Waals surface area contributed by atoms with Crippen LogP contribution in [-0.2, 0) is 14.6 Å². The average molecular weight is 404 g/mol. The molecule has 2 rings (SSSR count). The van der Waals surface area contributed by atoms with Crippen molar-refractivity contribution in [2.24, 2.45) is 0 Å². The summed E-state index contributed by atoms with van der Waals surface area (Å²) in [7, 11) is -3.06. The van der Waals surface area contributed by atoms with Gasteiger partial charge in [-0.1, -0.05) is 22.0 Å². The molecule has 3 amide bonds. The lowest BCUT2D eigenvalue weighted by Crippen LogP contribution is -2.49. The first kappa shape index (κ1) is 17.7. The van der Waals surface area contributed by atoms with E-state index in [0.717, 1.165) is 4.47 Å². The van der Waals surface area contributed by atoms with Gasteiger partial charge in [0.05, 0.1) is 11.5 Å². The third-order valence-electron chi connectivity index (χ3n) is 3.40. The molecule has 0 aromatic heterocycles. The molecule has 0 bridgehead atoms. The van der Waals surface area contributed by atoms with Gasteiger partial charge in [-0.05, 0) is 31.5 Å². The fraction of sp³-hybridized carbons (Fsp3) is 0.429. The Hall–Kier alpha value is -1.61. The minimum absolute atomic E-state index is 0.0565. The van der Waals surface area contributed by atoms with Crippen molar-refractivity contribution in [1.82, 2.24) is 10.6 Å². The number of benzene rings is 1. The van der Waals surface area contributed by atoms with Gasteiger partial charge in [0.1, 0.15) is 6.04 Å². The summed E-state index contributed by atoms with van der Waals surface area (Å²) >= 11 is 3.31. The molecular weight excluding hydrogens is 386 g/mol. The van der Waals surface area contributed by atoms with Crippen molar-refractivity contribution in [3.63, 3.8) is 0 Å². The minimum Gasteiger partial charge on any atom is -0.334 e. The normalized spacial score (nSPS) is 20.5. The number of hydrogen-bond donors (Lipinski definition) is 3. The smallest absolute Gasteiger partial charge is 0.315 e. The highest BCUT2D eigenvalue weighted by Crippen LogP contribution is 2.15. The van der Waals surface area contributed by atoms with Gasteiger partial charge >= 0.3 is 6.03 Å². The topological polar surface area (TPSA) is 104 Å². The average Bonchev–Trinajstić information content (AvgIpc) is 2.77. The largest absolute Gasteiger partial charge is 0.334 e. The molecule has 7 nitrogen and oxygen atoms in total. The van der Waals surface area contributed by atoms with E-state index in [1.807, 2.05) is 6.07 Å². The van der Waals surface area contributed by atoms with E-state index in [4.69, 9.17) is 0 Å². The van der Waals surface area contributed by atoms with Crippen LogP contribution in [0.3, 0.4) is 0 Å². The quantitative estimate of drug-likeness (QED) is 0.703. The molecule has 0 radical (unpaired) electrons. The van der Waals surface area contributed by atoms with Crippen LogP contribution in [0.15, 0.2) is 28.7 Å². The third-order valence-corrected chi connectivity index (χ3v) is 5.66. The number of halogens is 1. The maximum Gasteiger partial charge on any atom is 0.315 e. The van der Waals surface area contributed by atoms with Gasteiger partial charge in [-0.3, -0.25) is 4.79 Å². The maximum absolute atomic E-state index is 12.0. The molecule has 0 saturated carbocycles. The van der Waals surface area contributed by atoms with E-state index in [2.05, 4.69) is 31.9 Å². The van der Waals surface area contributed by atoms with Gasteiger partial charge in [-0.25, -0.2) is 13.2 Å². The lowest BCUT2D eigenvalue weighted by molar-refractivity contribution is -0.117. The summed E-state index contributed by atoms with van der Waals surface area (Å²) in [6, 6.07) is 5.38. The van der Waals surface area contributed by atoms with Crippen LogP contribution in [0, 0.1) is 0 Å². The highest BCUT2D eigenvalue weighted by Gasteiger charge is 2.29. The molecule has 1 heterocycles. The van der Waals surface area contributed by atoms with Crippen molar-refractivity contribution in [3.05, 3.63) is 28.7 Å². The van der Waals surface area contributed by atoms with Crippen molar-refractivity contribution in [1.29, 1.82) is 0 Å². The summed E-state index contributed by atoms with van der Waals surface area (Å²) in [5.41, 5.74) is 0.611. The molecule has 126 valence electrons. The summed E-state index contributed by atoms with van der Waals surface area (Å²) in [5.74, 6) is -0.340. The second-order valence-corrected chi connectivity index (χ2v) is 8.58. The van der Waals surface area contributed by atoms with Crippen molar-refractivity contribution in [3.8, 4) is 0 Å². The number of hydrogen-bond acceptors (Lipinski definition) is 4. The fourth-order valence-electron chi connectivity index (χ4n) is 2.21. The number of anilines is 1. The van der Waals surface area contributed by atoms with Crippen LogP contribution in [0.25, 0.3) is 0 Å². The summed E-state index contributed by atoms with van der Waals surface area (Å²) < 4.78 is 23.5. The van der Waals surface area contributed by atoms with Crippen molar-refractivity contribution in [2.45, 2.75) is 25.4 Å². The van der Waals surface area contributed by atoms with Crippen LogP contribution in [0.4, 0.5) is 10.5 Å². The van der Waals surface area contributed by atoms with E-state index in [1.165, 1.54) is 0 Å². The Labute approximate surface area is 143 Å². The molecule has 3 N–H and O–H groups in total. The SMILES string of the molecule is C[C@H](NC(=O)N[C@@H]1CCS(=O)(=O)C1)C(=O)Nc1cccc(Br)c1. The van der Waals surface area contributed by atoms with E-state index in [0.29, 0.717) is 12.1 Å². The Morgan fingerprint density at radius 2 is 2.09 bits per heavy atom. The molecule has 1 aliphatic heterocycles. The molecule has 2 atom stereocenters. The first-order valence-electron chi connectivity index (χ1n) is 7.09. The molecule has 1 fully saturated rings. The maximum atomic E-state index is 12.0. The number of urea groups is 1. The predicted molar refractivity (Wildman–Crippen MR) is 91.0 cm³/mol. The standard InChI is InChI=1S/C14H18BrN3O4S/c1-9(13(19)17-11-4-2-3-10(15)7-11)16-14(20)18-12-5-6-23(21,22)8-12/h2-4,7,9,12H,5-6,8H2,1H3,(H,17,19)(H2,16,18,20)/t9-,12+/m0/s1. The van der Waals surface area contributed by atoms with Gasteiger partial charge in [0, 0.05) is 16.2 Å². The molecule has 1 aromatic carbocycles. The van der Waals surface area contributed by atoms with Crippen molar-refractivity contribution in [2.75, 3.05) is 16.8 Å². The van der Waals surface area contributed by atoms with E-state index in [1.54, 1.807) is 25.1 Å². The number of carbonyl (C=O) groups excluding carboxylic acids is 2. The van der Waals surface area contributed by atoms with Crippen molar-refractivity contribution >= 4 is 43.4 Å². The Morgan fingerprint density at radius 1 is 1.35 bits per heavy atom. The summed E-state index contributed by atoms with van der Waals surface area (Å²) in [6.07, 6.45) is 0.397. The van der Waals surface area contributed by atoms with Crippen LogP contribution >= 0.6 is 15.9 Å². The number of rotatable bonds is 4. The molecule has 0 spiro atoms. The fourth-order valence-corrected chi connectivity index (χ4v) is 4.29. The summed E-state index contributed by atoms with van der Waals surface area (Å²) in [4.78, 5) is 23.9. The highest BCUT2D eigenvalue weighted by atomic mass is 79.9. The lowest BCUT2D eigenvalue weighted by atomic mass is 10.2. The Bertz CT molecular complexity index is 708. The molecule has 23 heavy (non-hydrogen) atoms. The van der Waals surface area contributed by atoms with E-state index in [9.17, 15) is 18.0 Å². The summed E-state index contributed by atoms with van der Waals surface area (Å²) in [6.45, 7) is 1.55. The van der Waals surface area contributed by atoms with Gasteiger partial charge in [0.2, 0.25) is 5.91 Å². The van der Waals surface area contributed by atoms with Gasteiger partial charge in [-0.15, -0.1) is 0 Å². The van der Waals surface area contributed by atoms with E-state index in [-0.39, 0.29) is 17.4 Å². The van der Waals surface area contributed by atoms with Crippen LogP contribution in [0.2, 0.25) is 0 Å². The van der Waals surface area contributed by atoms with E-state index < -0.39 is 28.0 Å². The van der Waals surface area contributed by atoms with Crippen molar-refractivity contribution < 1.29 is 18.0 Å². The number of sulfone groups is 1. The number of nitrogens with one attached hydrogen (secondary N) is 3. The Kier molecular flexibility index (Phi) is 5.64. The molecule has 1 aliphatic rings. The lowest BCUT2D eigenvalue weighted by Gasteiger charge is -2.17. The Morgan fingerprint density at radius 3 is 2.70 bits per heavy atom. The molecule has 0 aliphatic carbocycles. The van der Waals surface area contributed by atoms with Crippen LogP contribution in [0.5, 0.6) is 0 Å². The summed E-state index contributed by atoms with van der Waals surface area (Å²) in [5, 5.41) is 7.76. The monoisotopic (exact) mass is 403 g/mol. The minimum atomic E-state index is -3.06. The second kappa shape index (κ2) is 7.31.